The molecule has 0 saturated carbocycles. The average molecular weight is 579 g/mol. The summed E-state index contributed by atoms with van der Waals surface area (Å²) < 4.78 is 34.0. The Labute approximate surface area is 227 Å². The molecule has 13 heteroatoms. The third-order valence-corrected chi connectivity index (χ3v) is 4.69. The number of rotatable bonds is 0. The Bertz CT molecular complexity index is 1420. The first kappa shape index (κ1) is 30.2. The Kier molecular flexibility index (Phi) is 11.2. The number of hydrogen-bond donors (Lipinski definition) is 0. The number of nitrogens with zero attached hydrogens (tertiary/aromatic N) is 4. The molecule has 0 amide bonds. The van der Waals surface area contributed by atoms with Crippen molar-refractivity contribution in [3.63, 3.8) is 0 Å². The van der Waals surface area contributed by atoms with E-state index in [0.29, 0.717) is 0 Å². The molecule has 6 rings (SSSR count). The predicted molar refractivity (Wildman–Crippen MR) is 119 cm³/mol. The summed E-state index contributed by atoms with van der Waals surface area (Å²) in [7, 11) is -4.94. The Balaban J connectivity index is 0.000000201. The van der Waals surface area contributed by atoms with Crippen LogP contribution in [0, 0.1) is 10.2 Å². The van der Waals surface area contributed by atoms with Crippen molar-refractivity contribution in [3.05, 3.63) is 97.6 Å². The average Bonchev–Trinajstić information content (AvgIpc) is 2.88. The number of aromatic nitrogens is 4. The van der Waals surface area contributed by atoms with Gasteiger partial charge in [0.05, 0.1) is 22.1 Å². The monoisotopic (exact) mass is 578 g/mol. The summed E-state index contributed by atoms with van der Waals surface area (Å²) in [6, 6.07) is 24.3. The van der Waals surface area contributed by atoms with Gasteiger partial charge in [0.25, 0.3) is 0 Å². The zero-order valence-electron chi connectivity index (χ0n) is 19.1. The normalized spacial score (nSPS) is 10.2. The third kappa shape index (κ3) is 9.13. The summed E-state index contributed by atoms with van der Waals surface area (Å²) in [5.41, 5.74) is 3.91. The Morgan fingerprint density at radius 2 is 0.684 bits per heavy atom. The second-order valence-corrected chi connectivity index (χ2v) is 7.82. The molecule has 0 saturated heterocycles. The van der Waals surface area contributed by atoms with Gasteiger partial charge in [-0.05, 0) is 30.4 Å². The number of carbonyl (C=O) groups is 1. The minimum atomic E-state index is -4.94. The first-order valence-corrected chi connectivity index (χ1v) is 11.5. The van der Waals surface area contributed by atoms with Gasteiger partial charge in [0.2, 0.25) is 0 Å². The van der Waals surface area contributed by atoms with E-state index in [4.69, 9.17) is 33.6 Å². The van der Waals surface area contributed by atoms with Crippen molar-refractivity contribution in [2.24, 2.45) is 0 Å². The molecular formula is C25H16ClCoN4O7. The van der Waals surface area contributed by atoms with Crippen molar-refractivity contribution in [2.45, 2.75) is 0 Å². The summed E-state index contributed by atoms with van der Waals surface area (Å²) in [6.07, 6.45) is 4.87. The van der Waals surface area contributed by atoms with Gasteiger partial charge in [0.1, 0.15) is 0 Å². The van der Waals surface area contributed by atoms with E-state index in [-0.39, 0.29) is 16.8 Å². The molecule has 0 fully saturated rings. The van der Waals surface area contributed by atoms with E-state index in [0.717, 1.165) is 43.6 Å². The molecule has 0 N–H and O–H groups in total. The van der Waals surface area contributed by atoms with Gasteiger partial charge in [-0.2, -0.15) is 0 Å². The van der Waals surface area contributed by atoms with E-state index in [9.17, 15) is 0 Å². The van der Waals surface area contributed by atoms with E-state index >= 15 is 0 Å². The molecule has 0 bridgehead atoms. The first-order valence-electron chi connectivity index (χ1n) is 10.3. The quantitative estimate of drug-likeness (QED) is 0.187. The smallest absolute Gasteiger partial charge is 0.652 e. The molecule has 0 radical (unpaired) electrons. The number of fused-ring (bicyclic) bond motifs is 6. The van der Waals surface area contributed by atoms with Crippen LogP contribution in [-0.4, -0.2) is 26.1 Å². The fraction of sp³-hybridized carbons (Fsp3) is 0. The van der Waals surface area contributed by atoms with Crippen molar-refractivity contribution >= 4 is 49.8 Å². The summed E-state index contributed by atoms with van der Waals surface area (Å²) in [6.45, 7) is 0. The van der Waals surface area contributed by atoms with E-state index in [1.54, 1.807) is 24.8 Å². The number of hydrogen-bond acceptors (Lipinski definition) is 11. The summed E-state index contributed by atoms with van der Waals surface area (Å²) in [5, 5.41) is 21.2. The standard InChI is InChI=1S/2C12H8N2.CH2O3.ClHO4.Co/c2*1-3-9-5-6-10-4-2-8-14-12(10)11(9)13-7-1;2-1(3)4;2-1(3,4)5;/h2*1-8H;(H2,2,3,4);(H,2,3,4,5);/q;;;;+3/p-3. The van der Waals surface area contributed by atoms with Gasteiger partial charge >= 0.3 is 16.8 Å². The molecular weight excluding hydrogens is 563 g/mol. The Morgan fingerprint density at radius 1 is 0.500 bits per heavy atom. The fourth-order valence-electron chi connectivity index (χ4n) is 3.36. The van der Waals surface area contributed by atoms with Gasteiger partial charge < -0.3 is 15.0 Å². The minimum Gasteiger partial charge on any atom is -0.652 e. The maximum absolute atomic E-state index is 8.49. The molecule has 4 aromatic heterocycles. The summed E-state index contributed by atoms with van der Waals surface area (Å²) in [5.74, 6) is 0. The topological polar surface area (TPSA) is 207 Å². The molecule has 4 heterocycles. The van der Waals surface area contributed by atoms with Crippen LogP contribution in [-0.2, 0) is 16.8 Å². The number of halogens is 1. The summed E-state index contributed by atoms with van der Waals surface area (Å²) >= 11 is 0. The van der Waals surface area contributed by atoms with Crippen LogP contribution in [0.5, 0.6) is 0 Å². The van der Waals surface area contributed by atoms with E-state index in [1.807, 2.05) is 24.3 Å². The Morgan fingerprint density at radius 3 is 0.868 bits per heavy atom. The van der Waals surface area contributed by atoms with Crippen molar-refractivity contribution in [3.8, 4) is 0 Å². The van der Waals surface area contributed by atoms with E-state index in [2.05, 4.69) is 68.5 Å². The molecule has 0 atom stereocenters. The van der Waals surface area contributed by atoms with Crippen molar-refractivity contribution in [1.82, 2.24) is 19.9 Å². The number of benzene rings is 2. The predicted octanol–water partition coefficient (Wildman–Crippen LogP) is -1.64. The molecule has 6 aromatic rings. The minimum absolute atomic E-state index is 0. The zero-order chi connectivity index (χ0) is 26.8. The largest absolute Gasteiger partial charge is 3.00 e. The molecule has 11 nitrogen and oxygen atoms in total. The number of pyridine rings is 4. The van der Waals surface area contributed by atoms with Crippen LogP contribution in [0.3, 0.4) is 0 Å². The molecule has 38 heavy (non-hydrogen) atoms. The molecule has 0 unspecified atom stereocenters. The van der Waals surface area contributed by atoms with Crippen LogP contribution < -0.4 is 28.8 Å². The molecule has 194 valence electrons. The molecule has 0 aliphatic rings. The summed E-state index contributed by atoms with van der Waals surface area (Å²) in [4.78, 5) is 25.7. The SMILES string of the molecule is O=C([O-])[O-].[Co+3].[O-][Cl+3]([O-])([O-])[O-].c1cnc2c(c1)ccc1cccnc12.c1cnc2c(c1)ccc1cccnc12. The maximum Gasteiger partial charge on any atom is 3.00 e. The van der Waals surface area contributed by atoms with E-state index < -0.39 is 16.4 Å². The van der Waals surface area contributed by atoms with Crippen LogP contribution in [0.2, 0.25) is 0 Å². The second kappa shape index (κ2) is 14.1. The fourth-order valence-corrected chi connectivity index (χ4v) is 3.36. The molecule has 0 aliphatic carbocycles. The van der Waals surface area contributed by atoms with E-state index in [1.165, 1.54) is 0 Å². The van der Waals surface area contributed by atoms with Gasteiger partial charge in [-0.15, -0.1) is 10.2 Å². The number of carbonyl (C=O) groups excluding carboxylic acids is 1. The molecule has 0 spiro atoms. The first-order chi connectivity index (χ1) is 17.6. The third-order valence-electron chi connectivity index (χ3n) is 4.69. The van der Waals surface area contributed by atoms with Crippen molar-refractivity contribution in [1.29, 1.82) is 0 Å². The zero-order valence-corrected chi connectivity index (χ0v) is 20.9. The van der Waals surface area contributed by atoms with Crippen LogP contribution in [0.15, 0.2) is 97.6 Å². The number of carboxylic acid groups (broad SMARTS) is 2. The van der Waals surface area contributed by atoms with Gasteiger partial charge in [0, 0.05) is 46.3 Å². The van der Waals surface area contributed by atoms with Gasteiger partial charge in [-0.3, -0.25) is 19.9 Å². The van der Waals surface area contributed by atoms with Crippen molar-refractivity contribution < 1.29 is 60.7 Å². The van der Waals surface area contributed by atoms with Crippen LogP contribution in [0.4, 0.5) is 4.79 Å². The van der Waals surface area contributed by atoms with Crippen LogP contribution in [0.1, 0.15) is 0 Å². The van der Waals surface area contributed by atoms with Gasteiger partial charge in [-0.1, -0.05) is 48.5 Å². The van der Waals surface area contributed by atoms with Crippen molar-refractivity contribution in [2.75, 3.05) is 0 Å². The van der Waals surface area contributed by atoms with Crippen LogP contribution >= 0.6 is 0 Å². The van der Waals surface area contributed by atoms with Gasteiger partial charge in [0.15, 0.2) is 0 Å². The second-order valence-electron chi connectivity index (χ2n) is 7.06. The molecule has 2 aromatic carbocycles. The molecule has 0 aliphatic heterocycles. The Hall–Kier alpha value is -4.01. The maximum atomic E-state index is 8.49. The van der Waals surface area contributed by atoms with Gasteiger partial charge in [-0.25, -0.2) is 18.6 Å². The van der Waals surface area contributed by atoms with Crippen LogP contribution in [0.25, 0.3) is 43.6 Å².